The topological polar surface area (TPSA) is 20.2 Å². The third kappa shape index (κ3) is 5.24. The molecule has 0 bridgehead atoms. The first-order chi connectivity index (χ1) is 12.8. The third-order valence-electron chi connectivity index (χ3n) is 5.75. The van der Waals surface area contributed by atoms with Crippen molar-refractivity contribution in [3.8, 4) is 16.9 Å². The molecule has 0 aliphatic heterocycles. The Labute approximate surface area is 181 Å². The number of rotatable bonds is 3. The lowest BCUT2D eigenvalue weighted by molar-refractivity contribution is 0.473. The van der Waals surface area contributed by atoms with Gasteiger partial charge in [0.15, 0.2) is 0 Å². The summed E-state index contributed by atoms with van der Waals surface area (Å²) in [6.45, 7) is 27.9. The van der Waals surface area contributed by atoms with Gasteiger partial charge in [-0.1, -0.05) is 110 Å². The van der Waals surface area contributed by atoms with Crippen LogP contribution in [0.25, 0.3) is 11.1 Å². The van der Waals surface area contributed by atoms with Crippen molar-refractivity contribution in [3.63, 3.8) is 0 Å². The van der Waals surface area contributed by atoms with E-state index in [2.05, 4.69) is 105 Å². The van der Waals surface area contributed by atoms with Crippen molar-refractivity contribution in [2.45, 2.75) is 91.7 Å². The lowest BCUT2D eigenvalue weighted by Crippen LogP contribution is -2.43. The SMILES string of the molecule is CC(C)(C)c1ccc(-c2c(O)cc(C(C)(C)C)cc2[Si](C)(C)C)c([Si](C)(C)C)c1. The monoisotopic (exact) mass is 426 g/mol. The van der Waals surface area contributed by atoms with Gasteiger partial charge in [-0.15, -0.1) is 0 Å². The lowest BCUT2D eigenvalue weighted by atomic mass is 9.84. The van der Waals surface area contributed by atoms with E-state index in [0.29, 0.717) is 5.75 Å². The summed E-state index contributed by atoms with van der Waals surface area (Å²) in [5.41, 5.74) is 5.05. The van der Waals surface area contributed by atoms with Crippen LogP contribution in [0.3, 0.4) is 0 Å². The van der Waals surface area contributed by atoms with Gasteiger partial charge in [0.1, 0.15) is 5.75 Å². The molecule has 0 amide bonds. The van der Waals surface area contributed by atoms with Gasteiger partial charge < -0.3 is 5.11 Å². The number of phenols is 1. The molecule has 0 heterocycles. The Morgan fingerprint density at radius 3 is 1.48 bits per heavy atom. The summed E-state index contributed by atoms with van der Waals surface area (Å²) >= 11 is 0. The summed E-state index contributed by atoms with van der Waals surface area (Å²) in [6, 6.07) is 11.4. The van der Waals surface area contributed by atoms with Crippen molar-refractivity contribution in [1.82, 2.24) is 0 Å². The maximum atomic E-state index is 11.3. The van der Waals surface area contributed by atoms with Crippen LogP contribution >= 0.6 is 0 Å². The van der Waals surface area contributed by atoms with E-state index < -0.39 is 16.1 Å². The smallest absolute Gasteiger partial charge is 0.123 e. The van der Waals surface area contributed by atoms with Gasteiger partial charge in [-0.2, -0.15) is 0 Å². The number of hydrogen-bond acceptors (Lipinski definition) is 1. The Bertz CT molecular complexity index is 899. The van der Waals surface area contributed by atoms with E-state index >= 15 is 0 Å². The summed E-state index contributed by atoms with van der Waals surface area (Å²) in [4.78, 5) is 0. The minimum Gasteiger partial charge on any atom is -0.507 e. The average Bonchev–Trinajstić information content (AvgIpc) is 2.50. The van der Waals surface area contributed by atoms with E-state index in [-0.39, 0.29) is 10.8 Å². The minimum absolute atomic E-state index is 0.0160. The van der Waals surface area contributed by atoms with E-state index in [1.165, 1.54) is 27.1 Å². The van der Waals surface area contributed by atoms with Gasteiger partial charge >= 0.3 is 0 Å². The van der Waals surface area contributed by atoms with Crippen LogP contribution in [-0.2, 0) is 10.8 Å². The van der Waals surface area contributed by atoms with Crippen LogP contribution in [0.5, 0.6) is 5.75 Å². The van der Waals surface area contributed by atoms with Crippen LogP contribution in [0.4, 0.5) is 0 Å². The Morgan fingerprint density at radius 1 is 0.621 bits per heavy atom. The average molecular weight is 427 g/mol. The second kappa shape index (κ2) is 7.42. The first kappa shape index (κ1) is 23.9. The number of aromatic hydroxyl groups is 1. The molecule has 0 spiro atoms. The lowest BCUT2D eigenvalue weighted by Gasteiger charge is -2.31. The number of phenolic OH excluding ortho intramolecular Hbond substituents is 1. The van der Waals surface area contributed by atoms with E-state index in [1.54, 1.807) is 0 Å². The quantitative estimate of drug-likeness (QED) is 0.538. The van der Waals surface area contributed by atoms with Crippen LogP contribution in [0, 0.1) is 0 Å². The van der Waals surface area contributed by atoms with E-state index in [1.807, 2.05) is 6.07 Å². The molecule has 0 saturated heterocycles. The summed E-state index contributed by atoms with van der Waals surface area (Å²) in [6.07, 6.45) is 0. The van der Waals surface area contributed by atoms with Crippen LogP contribution < -0.4 is 10.4 Å². The molecule has 1 N–H and O–H groups in total. The maximum Gasteiger partial charge on any atom is 0.123 e. The highest BCUT2D eigenvalue weighted by Crippen LogP contribution is 2.35. The van der Waals surface area contributed by atoms with Crippen molar-refractivity contribution < 1.29 is 5.11 Å². The molecule has 2 rings (SSSR count). The summed E-state index contributed by atoms with van der Waals surface area (Å²) in [7, 11) is -3.30. The van der Waals surface area contributed by atoms with Crippen molar-refractivity contribution in [3.05, 3.63) is 41.5 Å². The van der Waals surface area contributed by atoms with E-state index in [4.69, 9.17) is 0 Å². The van der Waals surface area contributed by atoms with Gasteiger partial charge in [0, 0.05) is 5.56 Å². The van der Waals surface area contributed by atoms with Crippen molar-refractivity contribution >= 4 is 26.5 Å². The molecule has 0 atom stereocenters. The fourth-order valence-corrected chi connectivity index (χ4v) is 6.99. The molecule has 0 aliphatic carbocycles. The highest BCUT2D eigenvalue weighted by molar-refractivity contribution is 6.91. The standard InChI is InChI=1S/C26H42OSi2/c1-25(2,3)18-13-14-20(22(16-18)28(7,8)9)24-21(27)15-19(26(4,5)6)17-23(24)29(10,11)12/h13-17,27H,1-12H3. The maximum absolute atomic E-state index is 11.3. The van der Waals surface area contributed by atoms with Gasteiger partial charge in [-0.05, 0) is 38.8 Å². The summed E-state index contributed by atoms with van der Waals surface area (Å²) in [5.74, 6) is 0.442. The molecule has 1 nitrogen and oxygen atoms in total. The molecular weight excluding hydrogens is 384 g/mol. The first-order valence-corrected chi connectivity index (χ1v) is 17.9. The molecule has 2 aromatic rings. The Kier molecular flexibility index (Phi) is 6.13. The molecule has 160 valence electrons. The minimum atomic E-state index is -1.68. The predicted octanol–water partition coefficient (Wildman–Crippen LogP) is 6.74. The molecular formula is C26H42OSi2. The predicted molar refractivity (Wildman–Crippen MR) is 137 cm³/mol. The second-order valence-electron chi connectivity index (χ2n) is 12.7. The molecule has 0 aromatic heterocycles. The van der Waals surface area contributed by atoms with Crippen molar-refractivity contribution in [2.24, 2.45) is 0 Å². The summed E-state index contributed by atoms with van der Waals surface area (Å²) in [5, 5.41) is 14.1. The van der Waals surface area contributed by atoms with E-state index in [9.17, 15) is 5.11 Å². The fourth-order valence-electron chi connectivity index (χ4n) is 3.78. The molecule has 0 radical (unpaired) electrons. The number of hydrogen-bond donors (Lipinski definition) is 1. The molecule has 0 saturated carbocycles. The largest absolute Gasteiger partial charge is 0.507 e. The molecule has 2 aromatic carbocycles. The number of benzene rings is 2. The molecule has 0 aliphatic rings. The first-order valence-electron chi connectivity index (χ1n) is 10.9. The molecule has 29 heavy (non-hydrogen) atoms. The zero-order chi connectivity index (χ0) is 22.6. The zero-order valence-electron chi connectivity index (χ0n) is 20.8. The Hall–Kier alpha value is -1.33. The van der Waals surface area contributed by atoms with Gasteiger partial charge in [-0.3, -0.25) is 0 Å². The van der Waals surface area contributed by atoms with Crippen LogP contribution in [-0.4, -0.2) is 21.3 Å². The van der Waals surface area contributed by atoms with Gasteiger partial charge in [-0.25, -0.2) is 0 Å². The zero-order valence-corrected chi connectivity index (χ0v) is 22.8. The van der Waals surface area contributed by atoms with Crippen LogP contribution in [0.1, 0.15) is 52.7 Å². The van der Waals surface area contributed by atoms with Crippen LogP contribution in [0.15, 0.2) is 30.3 Å². The second-order valence-corrected chi connectivity index (χ2v) is 22.8. The van der Waals surface area contributed by atoms with Gasteiger partial charge in [0.05, 0.1) is 16.1 Å². The van der Waals surface area contributed by atoms with Crippen molar-refractivity contribution in [2.75, 3.05) is 0 Å². The normalized spacial score (nSPS) is 13.7. The summed E-state index contributed by atoms with van der Waals surface area (Å²) < 4.78 is 0. The highest BCUT2D eigenvalue weighted by Gasteiger charge is 2.31. The van der Waals surface area contributed by atoms with Gasteiger partial charge in [0.2, 0.25) is 0 Å². The highest BCUT2D eigenvalue weighted by atomic mass is 28.3. The fraction of sp³-hybridized carbons (Fsp3) is 0.538. The molecule has 0 unspecified atom stereocenters. The van der Waals surface area contributed by atoms with Crippen molar-refractivity contribution in [1.29, 1.82) is 0 Å². The third-order valence-corrected chi connectivity index (χ3v) is 9.79. The Balaban J connectivity index is 2.94. The Morgan fingerprint density at radius 2 is 1.07 bits per heavy atom. The molecule has 0 fully saturated rings. The molecule has 3 heteroatoms. The van der Waals surface area contributed by atoms with E-state index in [0.717, 1.165) is 5.56 Å². The van der Waals surface area contributed by atoms with Gasteiger partial charge in [0.25, 0.3) is 0 Å². The van der Waals surface area contributed by atoms with Crippen LogP contribution in [0.2, 0.25) is 39.3 Å².